The molecule has 5 aromatic rings. The second-order valence-electron chi connectivity index (χ2n) is 11.2. The summed E-state index contributed by atoms with van der Waals surface area (Å²) in [7, 11) is 0. The Morgan fingerprint density at radius 3 is 1.57 bits per heavy atom. The molecule has 3 unspecified atom stereocenters. The Hall–Kier alpha value is -4.26. The van der Waals surface area contributed by atoms with Crippen molar-refractivity contribution in [3.63, 3.8) is 0 Å². The number of aliphatic hydroxyl groups is 1. The Balaban J connectivity index is 1.47. The topological polar surface area (TPSA) is 68.0 Å². The van der Waals surface area contributed by atoms with Gasteiger partial charge in [-0.1, -0.05) is 133 Å². The van der Waals surface area contributed by atoms with Gasteiger partial charge in [-0.3, -0.25) is 4.90 Å². The fourth-order valence-electron chi connectivity index (χ4n) is 5.51. The second-order valence-corrected chi connectivity index (χ2v) is 11.2. The first-order chi connectivity index (χ1) is 21.7. The molecule has 0 fully saturated rings. The lowest BCUT2D eigenvalue weighted by atomic mass is 9.93. The van der Waals surface area contributed by atoms with E-state index in [2.05, 4.69) is 89.8 Å². The maximum Gasteiger partial charge on any atom is 0.120 e. The number of ether oxygens (including phenoxy) is 2. The molecule has 0 aliphatic heterocycles. The fraction of sp³-hybridized carbons (Fsp3) is 0.231. The van der Waals surface area contributed by atoms with Crippen LogP contribution < -0.4 is 10.5 Å². The van der Waals surface area contributed by atoms with Gasteiger partial charge in [0.05, 0.1) is 25.4 Å². The quantitative estimate of drug-likeness (QED) is 0.133. The molecular weight excluding hydrogens is 544 g/mol. The van der Waals surface area contributed by atoms with E-state index in [9.17, 15) is 5.11 Å². The largest absolute Gasteiger partial charge is 0.489 e. The van der Waals surface area contributed by atoms with Crippen LogP contribution in [0.3, 0.4) is 0 Å². The summed E-state index contributed by atoms with van der Waals surface area (Å²) >= 11 is 0. The molecule has 0 spiro atoms. The van der Waals surface area contributed by atoms with E-state index < -0.39 is 12.1 Å². The summed E-state index contributed by atoms with van der Waals surface area (Å²) in [6.45, 7) is 2.13. The van der Waals surface area contributed by atoms with E-state index in [4.69, 9.17) is 15.2 Å². The van der Waals surface area contributed by atoms with Gasteiger partial charge >= 0.3 is 0 Å². The lowest BCUT2D eigenvalue weighted by molar-refractivity contribution is -0.0509. The lowest BCUT2D eigenvalue weighted by Gasteiger charge is -2.39. The van der Waals surface area contributed by atoms with Crippen molar-refractivity contribution in [1.82, 2.24) is 4.90 Å². The summed E-state index contributed by atoms with van der Waals surface area (Å²) in [5, 5.41) is 10.4. The molecule has 0 saturated heterocycles. The molecule has 0 bridgehead atoms. The molecular formula is C39H42N2O3. The van der Waals surface area contributed by atoms with Crippen molar-refractivity contribution in [3.05, 3.63) is 173 Å². The number of nitrogens with two attached hydrogens (primary N) is 1. The predicted molar refractivity (Wildman–Crippen MR) is 177 cm³/mol. The molecule has 0 amide bonds. The zero-order chi connectivity index (χ0) is 30.4. The maximum absolute atomic E-state index is 10.4. The normalized spacial score (nSPS) is 13.3. The highest BCUT2D eigenvalue weighted by atomic mass is 16.5. The Kier molecular flexibility index (Phi) is 11.7. The first-order valence-electron chi connectivity index (χ1n) is 15.3. The van der Waals surface area contributed by atoms with Crippen LogP contribution in [0.15, 0.2) is 146 Å². The molecule has 0 heterocycles. The number of hydrogen-bond donors (Lipinski definition) is 2. The molecule has 0 saturated carbocycles. The average Bonchev–Trinajstić information content (AvgIpc) is 3.08. The van der Waals surface area contributed by atoms with Gasteiger partial charge in [0.15, 0.2) is 0 Å². The van der Waals surface area contributed by atoms with Crippen LogP contribution in [0.2, 0.25) is 0 Å². The van der Waals surface area contributed by atoms with E-state index in [1.54, 1.807) is 0 Å². The maximum atomic E-state index is 10.4. The summed E-state index contributed by atoms with van der Waals surface area (Å²) in [6, 6.07) is 48.8. The van der Waals surface area contributed by atoms with E-state index in [1.807, 2.05) is 60.7 Å². The monoisotopic (exact) mass is 586 g/mol. The highest BCUT2D eigenvalue weighted by Crippen LogP contribution is 2.25. The molecule has 0 aromatic heterocycles. The third-order valence-electron chi connectivity index (χ3n) is 7.81. The van der Waals surface area contributed by atoms with Crippen LogP contribution in [0.25, 0.3) is 0 Å². The van der Waals surface area contributed by atoms with Gasteiger partial charge in [0.2, 0.25) is 0 Å². The summed E-state index contributed by atoms with van der Waals surface area (Å²) < 4.78 is 12.8. The minimum absolute atomic E-state index is 0.148. The third-order valence-corrected chi connectivity index (χ3v) is 7.81. The first-order valence-corrected chi connectivity index (χ1v) is 15.3. The van der Waals surface area contributed by atoms with Crippen molar-refractivity contribution < 1.29 is 14.6 Å². The number of benzene rings is 5. The number of nitrogens with zero attached hydrogens (tertiary/aromatic N) is 1. The SMILES string of the molecule is NC(CO)C(OCc1ccccc1)C(Cc1cccc(OCc2ccccc2)c1)N(Cc1ccccc1)Cc1ccccc1. The third kappa shape index (κ3) is 9.37. The lowest BCUT2D eigenvalue weighted by Crippen LogP contribution is -2.54. The van der Waals surface area contributed by atoms with Crippen molar-refractivity contribution in [1.29, 1.82) is 0 Å². The minimum Gasteiger partial charge on any atom is -0.489 e. The smallest absolute Gasteiger partial charge is 0.120 e. The highest BCUT2D eigenvalue weighted by Gasteiger charge is 2.33. The number of hydrogen-bond acceptors (Lipinski definition) is 5. The van der Waals surface area contributed by atoms with Crippen molar-refractivity contribution in [2.45, 2.75) is 50.9 Å². The molecule has 5 nitrogen and oxygen atoms in total. The van der Waals surface area contributed by atoms with Gasteiger partial charge in [-0.2, -0.15) is 0 Å². The average molecular weight is 587 g/mol. The van der Waals surface area contributed by atoms with Gasteiger partial charge in [-0.25, -0.2) is 0 Å². The van der Waals surface area contributed by atoms with Crippen LogP contribution in [-0.2, 0) is 37.5 Å². The van der Waals surface area contributed by atoms with Gasteiger partial charge in [0.1, 0.15) is 12.4 Å². The molecule has 5 rings (SSSR count). The summed E-state index contributed by atoms with van der Waals surface area (Å²) in [5.41, 5.74) is 12.4. The summed E-state index contributed by atoms with van der Waals surface area (Å²) in [5.74, 6) is 0.816. The van der Waals surface area contributed by atoms with Gasteiger partial charge in [0.25, 0.3) is 0 Å². The summed E-state index contributed by atoms with van der Waals surface area (Å²) in [4.78, 5) is 2.44. The second kappa shape index (κ2) is 16.6. The Morgan fingerprint density at radius 2 is 1.05 bits per heavy atom. The van der Waals surface area contributed by atoms with Crippen LogP contribution in [0.1, 0.15) is 27.8 Å². The fourth-order valence-corrected chi connectivity index (χ4v) is 5.51. The Labute approximate surface area is 261 Å². The molecule has 226 valence electrons. The van der Waals surface area contributed by atoms with E-state index >= 15 is 0 Å². The van der Waals surface area contributed by atoms with E-state index in [-0.39, 0.29) is 12.6 Å². The molecule has 5 aromatic carbocycles. The molecule has 3 N–H and O–H groups in total. The van der Waals surface area contributed by atoms with E-state index in [0.717, 1.165) is 22.4 Å². The van der Waals surface area contributed by atoms with Crippen LogP contribution >= 0.6 is 0 Å². The zero-order valence-electron chi connectivity index (χ0n) is 25.1. The van der Waals surface area contributed by atoms with Crippen LogP contribution in [0, 0.1) is 0 Å². The predicted octanol–water partition coefficient (Wildman–Crippen LogP) is 6.78. The molecule has 44 heavy (non-hydrogen) atoms. The van der Waals surface area contributed by atoms with Crippen LogP contribution in [-0.4, -0.2) is 34.8 Å². The van der Waals surface area contributed by atoms with E-state index in [0.29, 0.717) is 32.7 Å². The molecule has 0 aliphatic carbocycles. The van der Waals surface area contributed by atoms with Gasteiger partial charge in [-0.05, 0) is 46.4 Å². The highest BCUT2D eigenvalue weighted by molar-refractivity contribution is 5.30. The van der Waals surface area contributed by atoms with Gasteiger partial charge in [-0.15, -0.1) is 0 Å². The van der Waals surface area contributed by atoms with Crippen molar-refractivity contribution in [2.75, 3.05) is 6.61 Å². The van der Waals surface area contributed by atoms with Gasteiger partial charge in [0, 0.05) is 19.1 Å². The molecule has 0 radical (unpaired) electrons. The van der Waals surface area contributed by atoms with Crippen molar-refractivity contribution in [2.24, 2.45) is 5.73 Å². The Bertz CT molecular complexity index is 1460. The van der Waals surface area contributed by atoms with Crippen LogP contribution in [0.4, 0.5) is 0 Å². The Morgan fingerprint density at radius 1 is 0.568 bits per heavy atom. The van der Waals surface area contributed by atoms with Crippen LogP contribution in [0.5, 0.6) is 5.75 Å². The van der Waals surface area contributed by atoms with Gasteiger partial charge < -0.3 is 20.3 Å². The summed E-state index contributed by atoms with van der Waals surface area (Å²) in [6.07, 6.45) is 0.219. The number of aliphatic hydroxyl groups excluding tert-OH is 1. The first kappa shape index (κ1) is 31.2. The molecule has 5 heteroatoms. The number of rotatable bonds is 16. The minimum atomic E-state index is -0.574. The standard InChI is InChI=1S/C39H42N2O3/c40-37(28-42)39(44-30-34-20-11-4-12-21-34)38(25-35-22-13-23-36(24-35)43-29-33-18-9-3-10-19-33)41(26-31-14-5-1-6-15-31)27-32-16-7-2-8-17-32/h1-24,37-39,42H,25-30,40H2. The molecule has 0 aliphatic rings. The van der Waals surface area contributed by atoms with E-state index in [1.165, 1.54) is 11.1 Å². The van der Waals surface area contributed by atoms with Crippen molar-refractivity contribution in [3.8, 4) is 5.75 Å². The zero-order valence-corrected chi connectivity index (χ0v) is 25.1. The van der Waals surface area contributed by atoms with Crippen molar-refractivity contribution >= 4 is 0 Å². The molecule has 3 atom stereocenters.